The Morgan fingerprint density at radius 1 is 1.18 bits per heavy atom. The average Bonchev–Trinajstić information content (AvgIpc) is 2.92. The van der Waals surface area contributed by atoms with Gasteiger partial charge in [0.2, 0.25) is 8.32 Å². The van der Waals surface area contributed by atoms with Gasteiger partial charge in [0.1, 0.15) is 0 Å². The molecule has 0 spiro atoms. The van der Waals surface area contributed by atoms with Gasteiger partial charge in [-0.2, -0.15) is 0 Å². The molecule has 3 atom stereocenters. The first-order valence-electron chi connectivity index (χ1n) is 9.10. The summed E-state index contributed by atoms with van der Waals surface area (Å²) in [6.07, 6.45) is 4.28. The summed E-state index contributed by atoms with van der Waals surface area (Å²) in [4.78, 5) is 6.08. The Morgan fingerprint density at radius 3 is 2.27 bits per heavy atom. The van der Waals surface area contributed by atoms with Gasteiger partial charge in [-0.05, 0) is 44.3 Å². The molecule has 22 heavy (non-hydrogen) atoms. The zero-order valence-corrected chi connectivity index (χ0v) is 16.2. The third-order valence-electron chi connectivity index (χ3n) is 5.29. The minimum Gasteiger partial charge on any atom is -0.368 e. The Kier molecular flexibility index (Phi) is 8.57. The van der Waals surface area contributed by atoms with Crippen LogP contribution in [0.1, 0.15) is 66.7 Å². The van der Waals surface area contributed by atoms with E-state index in [1.165, 1.54) is 0 Å². The Hall–Kier alpha value is 0.0569. The monoisotopic (exact) mass is 332 g/mol. The topological polar surface area (TPSA) is 47.9 Å². The molecule has 132 valence electrons. The van der Waals surface area contributed by atoms with Crippen molar-refractivity contribution in [2.75, 3.05) is 6.61 Å². The maximum absolute atomic E-state index is 9.93. The van der Waals surface area contributed by atoms with Crippen molar-refractivity contribution in [3.63, 3.8) is 0 Å². The maximum atomic E-state index is 9.93. The van der Waals surface area contributed by atoms with Gasteiger partial charge in [-0.25, -0.2) is 4.89 Å². The van der Waals surface area contributed by atoms with E-state index in [2.05, 4.69) is 34.6 Å². The Labute approximate surface area is 137 Å². The molecule has 1 aliphatic heterocycles. The molecule has 1 fully saturated rings. The van der Waals surface area contributed by atoms with Crippen LogP contribution in [0.4, 0.5) is 0 Å². The summed E-state index contributed by atoms with van der Waals surface area (Å²) in [6.45, 7) is 11.6. The van der Waals surface area contributed by atoms with Crippen molar-refractivity contribution in [2.24, 2.45) is 5.92 Å². The summed E-state index contributed by atoms with van der Waals surface area (Å²) in [5, 5.41) is 9.93. The normalized spacial score (nSPS) is 25.4. The van der Waals surface area contributed by atoms with Crippen molar-refractivity contribution in [3.8, 4) is 0 Å². The van der Waals surface area contributed by atoms with Crippen molar-refractivity contribution in [2.45, 2.75) is 96.7 Å². The summed E-state index contributed by atoms with van der Waals surface area (Å²) in [5.74, 6) is 0.159. The van der Waals surface area contributed by atoms with Gasteiger partial charge in [0.15, 0.2) is 6.29 Å². The van der Waals surface area contributed by atoms with Crippen LogP contribution in [0.25, 0.3) is 0 Å². The van der Waals surface area contributed by atoms with Crippen LogP contribution in [0, 0.1) is 5.92 Å². The summed E-state index contributed by atoms with van der Waals surface area (Å²) < 4.78 is 11.4. The zero-order chi connectivity index (χ0) is 16.6. The quantitative estimate of drug-likeness (QED) is 0.340. The zero-order valence-electron chi connectivity index (χ0n) is 15.2. The molecule has 1 aliphatic rings. The van der Waals surface area contributed by atoms with Crippen LogP contribution < -0.4 is 0 Å². The minimum absolute atomic E-state index is 0.159. The second-order valence-corrected chi connectivity index (χ2v) is 11.6. The Balaban J connectivity index is 2.69. The molecule has 1 saturated heterocycles. The van der Waals surface area contributed by atoms with Gasteiger partial charge in [0.05, 0.1) is 12.2 Å². The Morgan fingerprint density at radius 2 is 1.82 bits per heavy atom. The lowest BCUT2D eigenvalue weighted by molar-refractivity contribution is -0.307. The van der Waals surface area contributed by atoms with Crippen LogP contribution in [0.2, 0.25) is 18.1 Å². The van der Waals surface area contributed by atoms with Crippen LogP contribution in [0.3, 0.4) is 0 Å². The van der Waals surface area contributed by atoms with Crippen molar-refractivity contribution in [1.29, 1.82) is 0 Å². The molecule has 0 unspecified atom stereocenters. The lowest BCUT2D eigenvalue weighted by Gasteiger charge is -2.36. The van der Waals surface area contributed by atoms with Crippen LogP contribution >= 0.6 is 0 Å². The molecule has 0 aliphatic carbocycles. The van der Waals surface area contributed by atoms with E-state index in [4.69, 9.17) is 14.2 Å². The van der Waals surface area contributed by atoms with E-state index in [0.717, 1.165) is 50.2 Å². The molecule has 1 N–H and O–H groups in total. The summed E-state index contributed by atoms with van der Waals surface area (Å²) in [6, 6.07) is 3.25. The molecule has 1 heterocycles. The SMILES string of the molecule is CCCC[C@](C)(C[C@H]1CCO[C@H]1O)OO[Si](CC)(CC)CC. The van der Waals surface area contributed by atoms with E-state index < -0.39 is 14.6 Å². The highest BCUT2D eigenvalue weighted by Gasteiger charge is 2.39. The fourth-order valence-corrected chi connectivity index (χ4v) is 5.45. The first-order valence-corrected chi connectivity index (χ1v) is 11.6. The van der Waals surface area contributed by atoms with Crippen molar-refractivity contribution >= 4 is 8.32 Å². The first-order chi connectivity index (χ1) is 10.4. The van der Waals surface area contributed by atoms with Crippen molar-refractivity contribution in [1.82, 2.24) is 0 Å². The lowest BCUT2D eigenvalue weighted by Crippen LogP contribution is -2.42. The molecule has 0 radical (unpaired) electrons. The molecule has 0 amide bonds. The number of ether oxygens (including phenoxy) is 1. The molecule has 5 heteroatoms. The summed E-state index contributed by atoms with van der Waals surface area (Å²) >= 11 is 0. The molecule has 0 saturated carbocycles. The van der Waals surface area contributed by atoms with Gasteiger partial charge in [0.25, 0.3) is 0 Å². The number of rotatable bonds is 11. The highest BCUT2D eigenvalue weighted by Crippen LogP contribution is 2.35. The number of hydrogen-bond donors (Lipinski definition) is 1. The van der Waals surface area contributed by atoms with E-state index in [0.29, 0.717) is 6.61 Å². The molecular weight excluding hydrogens is 296 g/mol. The third kappa shape index (κ3) is 5.60. The molecule has 1 rings (SSSR count). The summed E-state index contributed by atoms with van der Waals surface area (Å²) in [5.41, 5.74) is -0.326. The number of aliphatic hydroxyl groups is 1. The second-order valence-electron chi connectivity index (χ2n) is 6.98. The van der Waals surface area contributed by atoms with Crippen LogP contribution in [-0.4, -0.2) is 31.9 Å². The van der Waals surface area contributed by atoms with E-state index in [1.807, 2.05) is 0 Å². The summed E-state index contributed by atoms with van der Waals surface area (Å²) in [7, 11) is -1.76. The lowest BCUT2D eigenvalue weighted by atomic mass is 9.87. The first kappa shape index (κ1) is 20.1. The predicted molar refractivity (Wildman–Crippen MR) is 92.0 cm³/mol. The van der Waals surface area contributed by atoms with E-state index in [1.54, 1.807) is 0 Å². The number of unbranched alkanes of at least 4 members (excludes halogenated alkanes) is 1. The van der Waals surface area contributed by atoms with E-state index >= 15 is 0 Å². The molecular formula is C17H36O4Si. The van der Waals surface area contributed by atoms with Gasteiger partial charge in [-0.3, -0.25) is 4.58 Å². The van der Waals surface area contributed by atoms with Crippen LogP contribution in [-0.2, 0) is 14.2 Å². The number of hydrogen-bond acceptors (Lipinski definition) is 4. The standard InChI is InChI=1S/C17H36O4Si/c1-6-10-12-17(5,14-15-11-13-19-16(15)18)20-21-22(7-2,8-3)9-4/h15-16,18H,6-14H2,1-5H3/t15-,16-,17-/m1/s1. The predicted octanol–water partition coefficient (Wildman–Crippen LogP) is 4.63. The molecule has 0 bridgehead atoms. The largest absolute Gasteiger partial charge is 0.368 e. The van der Waals surface area contributed by atoms with Crippen LogP contribution in [0.5, 0.6) is 0 Å². The van der Waals surface area contributed by atoms with Gasteiger partial charge in [-0.1, -0.05) is 40.5 Å². The highest BCUT2D eigenvalue weighted by molar-refractivity contribution is 6.73. The number of aliphatic hydroxyl groups excluding tert-OH is 1. The highest BCUT2D eigenvalue weighted by atomic mass is 28.4. The smallest absolute Gasteiger partial charge is 0.238 e. The molecule has 4 nitrogen and oxygen atoms in total. The molecule has 0 aromatic carbocycles. The van der Waals surface area contributed by atoms with Crippen LogP contribution in [0.15, 0.2) is 0 Å². The Bertz CT molecular complexity index is 301. The van der Waals surface area contributed by atoms with Gasteiger partial charge < -0.3 is 9.84 Å². The van der Waals surface area contributed by atoms with Gasteiger partial charge in [0, 0.05) is 5.92 Å². The minimum atomic E-state index is -1.76. The second kappa shape index (κ2) is 9.38. The molecule has 0 aromatic heterocycles. The average molecular weight is 333 g/mol. The van der Waals surface area contributed by atoms with E-state index in [9.17, 15) is 5.11 Å². The van der Waals surface area contributed by atoms with Gasteiger partial charge in [-0.15, -0.1) is 0 Å². The van der Waals surface area contributed by atoms with Crippen molar-refractivity contribution in [3.05, 3.63) is 0 Å². The van der Waals surface area contributed by atoms with Crippen molar-refractivity contribution < 1.29 is 19.3 Å². The maximum Gasteiger partial charge on any atom is 0.238 e. The van der Waals surface area contributed by atoms with E-state index in [-0.39, 0.29) is 11.5 Å². The van der Waals surface area contributed by atoms with Gasteiger partial charge >= 0.3 is 0 Å². The molecule has 0 aromatic rings. The fourth-order valence-electron chi connectivity index (χ4n) is 3.22. The fraction of sp³-hybridized carbons (Fsp3) is 1.00. The third-order valence-corrected chi connectivity index (χ3v) is 9.59.